The Morgan fingerprint density at radius 2 is 1.82 bits per heavy atom. The average molecular weight is 243 g/mol. The largest absolute Gasteiger partial charge is 0.481 e. The molecule has 0 rings (SSSR count). The van der Waals surface area contributed by atoms with Crippen LogP contribution in [0.15, 0.2) is 0 Å². The summed E-state index contributed by atoms with van der Waals surface area (Å²) in [4.78, 5) is 22.6. The zero-order valence-corrected chi connectivity index (χ0v) is 11.3. The van der Waals surface area contributed by atoms with Gasteiger partial charge in [0.25, 0.3) is 0 Å². The van der Waals surface area contributed by atoms with E-state index in [2.05, 4.69) is 5.32 Å². The Kier molecular flexibility index (Phi) is 7.59. The molecule has 0 aliphatic heterocycles. The van der Waals surface area contributed by atoms with Crippen molar-refractivity contribution in [2.45, 2.75) is 47.0 Å². The number of rotatable bonds is 8. The molecule has 0 radical (unpaired) electrons. The first-order valence-corrected chi connectivity index (χ1v) is 6.38. The lowest BCUT2D eigenvalue weighted by Gasteiger charge is -2.17. The zero-order valence-electron chi connectivity index (χ0n) is 11.3. The van der Waals surface area contributed by atoms with Crippen molar-refractivity contribution in [1.29, 1.82) is 0 Å². The topological polar surface area (TPSA) is 66.4 Å². The minimum Gasteiger partial charge on any atom is -0.481 e. The maximum atomic E-state index is 11.6. The fourth-order valence-electron chi connectivity index (χ4n) is 1.80. The SMILES string of the molecule is CCCC(C)C(=O)NCC(CC(C)C)C(=O)O. The lowest BCUT2D eigenvalue weighted by Crippen LogP contribution is -2.36. The van der Waals surface area contributed by atoms with Crippen molar-refractivity contribution in [2.75, 3.05) is 6.54 Å². The van der Waals surface area contributed by atoms with Crippen LogP contribution in [-0.2, 0) is 9.59 Å². The van der Waals surface area contributed by atoms with Crippen LogP contribution < -0.4 is 5.32 Å². The summed E-state index contributed by atoms with van der Waals surface area (Å²) >= 11 is 0. The molecule has 0 bridgehead atoms. The summed E-state index contributed by atoms with van der Waals surface area (Å²) in [6, 6.07) is 0. The van der Waals surface area contributed by atoms with E-state index in [1.807, 2.05) is 27.7 Å². The van der Waals surface area contributed by atoms with E-state index in [9.17, 15) is 9.59 Å². The second kappa shape index (κ2) is 8.09. The van der Waals surface area contributed by atoms with Gasteiger partial charge in [0, 0.05) is 12.5 Å². The molecule has 0 aliphatic rings. The first-order valence-electron chi connectivity index (χ1n) is 6.38. The maximum absolute atomic E-state index is 11.6. The minimum absolute atomic E-state index is 0.0338. The van der Waals surface area contributed by atoms with Crippen molar-refractivity contribution in [3.8, 4) is 0 Å². The first-order chi connectivity index (χ1) is 7.88. The Morgan fingerprint density at radius 1 is 1.24 bits per heavy atom. The highest BCUT2D eigenvalue weighted by atomic mass is 16.4. The molecule has 4 nitrogen and oxygen atoms in total. The Balaban J connectivity index is 4.12. The Bertz CT molecular complexity index is 251. The molecule has 0 fully saturated rings. The lowest BCUT2D eigenvalue weighted by atomic mass is 9.96. The van der Waals surface area contributed by atoms with Crippen molar-refractivity contribution >= 4 is 11.9 Å². The fraction of sp³-hybridized carbons (Fsp3) is 0.846. The van der Waals surface area contributed by atoms with Gasteiger partial charge in [0.2, 0.25) is 5.91 Å². The van der Waals surface area contributed by atoms with E-state index in [4.69, 9.17) is 5.11 Å². The second-order valence-corrected chi connectivity index (χ2v) is 5.10. The van der Waals surface area contributed by atoms with Gasteiger partial charge < -0.3 is 10.4 Å². The highest BCUT2D eigenvalue weighted by Crippen LogP contribution is 2.12. The van der Waals surface area contributed by atoms with Crippen LogP contribution in [0.25, 0.3) is 0 Å². The number of hydrogen-bond acceptors (Lipinski definition) is 2. The molecule has 2 atom stereocenters. The summed E-state index contributed by atoms with van der Waals surface area (Å²) in [6.07, 6.45) is 2.40. The van der Waals surface area contributed by atoms with Gasteiger partial charge in [-0.1, -0.05) is 34.1 Å². The van der Waals surface area contributed by atoms with Gasteiger partial charge in [-0.25, -0.2) is 0 Å². The molecule has 4 heteroatoms. The Hall–Kier alpha value is -1.06. The number of nitrogens with one attached hydrogen (secondary N) is 1. The summed E-state index contributed by atoms with van der Waals surface area (Å²) in [5, 5.41) is 11.8. The van der Waals surface area contributed by atoms with Crippen LogP contribution in [0.2, 0.25) is 0 Å². The number of aliphatic carboxylic acids is 1. The maximum Gasteiger partial charge on any atom is 0.308 e. The zero-order chi connectivity index (χ0) is 13.4. The molecule has 0 aromatic heterocycles. The third-order valence-corrected chi connectivity index (χ3v) is 2.80. The van der Waals surface area contributed by atoms with Gasteiger partial charge >= 0.3 is 5.97 Å². The number of carbonyl (C=O) groups is 2. The van der Waals surface area contributed by atoms with Crippen molar-refractivity contribution in [3.05, 3.63) is 0 Å². The summed E-state index contributed by atoms with van der Waals surface area (Å²) in [6.45, 7) is 8.11. The number of carboxylic acid groups (broad SMARTS) is 1. The highest BCUT2D eigenvalue weighted by Gasteiger charge is 2.20. The number of carbonyl (C=O) groups excluding carboxylic acids is 1. The van der Waals surface area contributed by atoms with Crippen LogP contribution in [-0.4, -0.2) is 23.5 Å². The van der Waals surface area contributed by atoms with Crippen LogP contribution in [0.3, 0.4) is 0 Å². The monoisotopic (exact) mass is 243 g/mol. The molecule has 2 unspecified atom stereocenters. The molecular formula is C13H25NO3. The van der Waals surface area contributed by atoms with Crippen LogP contribution >= 0.6 is 0 Å². The van der Waals surface area contributed by atoms with E-state index >= 15 is 0 Å². The molecule has 0 saturated carbocycles. The summed E-state index contributed by atoms with van der Waals surface area (Å²) in [7, 11) is 0. The van der Waals surface area contributed by atoms with Crippen molar-refractivity contribution in [3.63, 3.8) is 0 Å². The molecule has 0 spiro atoms. The predicted octanol–water partition coefficient (Wildman–Crippen LogP) is 2.29. The quantitative estimate of drug-likeness (QED) is 0.687. The normalized spacial score (nSPS) is 14.4. The first kappa shape index (κ1) is 15.9. The molecule has 0 aliphatic carbocycles. The molecule has 2 N–H and O–H groups in total. The van der Waals surface area contributed by atoms with E-state index in [1.165, 1.54) is 0 Å². The van der Waals surface area contributed by atoms with Gasteiger partial charge in [-0.3, -0.25) is 9.59 Å². The molecule has 1 amide bonds. The molecular weight excluding hydrogens is 218 g/mol. The third-order valence-electron chi connectivity index (χ3n) is 2.80. The molecule has 17 heavy (non-hydrogen) atoms. The predicted molar refractivity (Wildman–Crippen MR) is 67.7 cm³/mol. The smallest absolute Gasteiger partial charge is 0.308 e. The van der Waals surface area contributed by atoms with Gasteiger partial charge in [0.1, 0.15) is 0 Å². The Labute approximate surface area is 104 Å². The van der Waals surface area contributed by atoms with E-state index in [0.717, 1.165) is 12.8 Å². The van der Waals surface area contributed by atoms with Crippen molar-refractivity contribution < 1.29 is 14.7 Å². The minimum atomic E-state index is -0.831. The summed E-state index contributed by atoms with van der Waals surface area (Å²) < 4.78 is 0. The van der Waals surface area contributed by atoms with Crippen molar-refractivity contribution in [1.82, 2.24) is 5.32 Å². The van der Waals surface area contributed by atoms with Crippen LogP contribution in [0.5, 0.6) is 0 Å². The van der Waals surface area contributed by atoms with Gasteiger partial charge in [-0.05, 0) is 18.8 Å². The second-order valence-electron chi connectivity index (χ2n) is 5.10. The Morgan fingerprint density at radius 3 is 2.24 bits per heavy atom. The lowest BCUT2D eigenvalue weighted by molar-refractivity contribution is -0.142. The van der Waals surface area contributed by atoms with Crippen LogP contribution in [0.1, 0.15) is 47.0 Å². The van der Waals surface area contributed by atoms with E-state index in [-0.39, 0.29) is 18.4 Å². The molecule has 0 heterocycles. The van der Waals surface area contributed by atoms with Crippen LogP contribution in [0.4, 0.5) is 0 Å². The standard InChI is InChI=1S/C13H25NO3/c1-5-6-10(4)12(15)14-8-11(13(16)17)7-9(2)3/h9-11H,5-8H2,1-4H3,(H,14,15)(H,16,17). The van der Waals surface area contributed by atoms with Crippen molar-refractivity contribution in [2.24, 2.45) is 17.8 Å². The van der Waals surface area contributed by atoms with Gasteiger partial charge in [0.05, 0.1) is 5.92 Å². The number of carboxylic acids is 1. The molecule has 0 aromatic rings. The number of hydrogen-bond donors (Lipinski definition) is 2. The highest BCUT2D eigenvalue weighted by molar-refractivity contribution is 5.79. The average Bonchev–Trinajstić information content (AvgIpc) is 2.23. The third kappa shape index (κ3) is 6.97. The van der Waals surface area contributed by atoms with E-state index in [0.29, 0.717) is 12.3 Å². The molecule has 0 saturated heterocycles. The van der Waals surface area contributed by atoms with Crippen LogP contribution in [0, 0.1) is 17.8 Å². The van der Waals surface area contributed by atoms with Gasteiger partial charge in [-0.2, -0.15) is 0 Å². The fourth-order valence-corrected chi connectivity index (χ4v) is 1.80. The summed E-state index contributed by atoms with van der Waals surface area (Å²) in [5.74, 6) is -1.06. The van der Waals surface area contributed by atoms with Gasteiger partial charge in [-0.15, -0.1) is 0 Å². The van der Waals surface area contributed by atoms with E-state index < -0.39 is 11.9 Å². The summed E-state index contributed by atoms with van der Waals surface area (Å²) in [5.41, 5.74) is 0. The number of amides is 1. The van der Waals surface area contributed by atoms with E-state index in [1.54, 1.807) is 0 Å². The molecule has 100 valence electrons. The van der Waals surface area contributed by atoms with Gasteiger partial charge in [0.15, 0.2) is 0 Å². The molecule has 0 aromatic carbocycles.